The molecule has 2 rings (SSSR count). The van der Waals surface area contributed by atoms with Crippen LogP contribution in [0.2, 0.25) is 0 Å². The van der Waals surface area contributed by atoms with Gasteiger partial charge >= 0.3 is 0 Å². The Balaban J connectivity index is 2.09. The molecule has 0 aliphatic rings. The van der Waals surface area contributed by atoms with E-state index in [-0.39, 0.29) is 5.91 Å². The van der Waals surface area contributed by atoms with Crippen molar-refractivity contribution in [2.75, 3.05) is 12.9 Å². The maximum Gasteiger partial charge on any atom is 0.272 e. The molecule has 1 unspecified atom stereocenters. The highest BCUT2D eigenvalue weighted by Crippen LogP contribution is 2.27. The fourth-order valence-corrected chi connectivity index (χ4v) is 3.37. The van der Waals surface area contributed by atoms with Gasteiger partial charge in [0.05, 0.1) is 17.3 Å². The summed E-state index contributed by atoms with van der Waals surface area (Å²) in [6.07, 6.45) is 5.19. The van der Waals surface area contributed by atoms with Crippen LogP contribution in [-0.4, -0.2) is 40.9 Å². The van der Waals surface area contributed by atoms with Crippen molar-refractivity contribution in [3.8, 4) is 5.75 Å². The maximum atomic E-state index is 12.8. The van der Waals surface area contributed by atoms with Crippen LogP contribution in [0.4, 0.5) is 0 Å². The predicted molar refractivity (Wildman–Crippen MR) is 124 cm³/mol. The number of hydrogen-bond donors (Lipinski definition) is 1. The zero-order valence-electron chi connectivity index (χ0n) is 17.7. The summed E-state index contributed by atoms with van der Waals surface area (Å²) in [5, 5.41) is 7.85. The molecule has 0 saturated carbocycles. The number of nitrogens with zero attached hydrogens (tertiary/aromatic N) is 2. The number of rotatable bonds is 9. The van der Waals surface area contributed by atoms with Gasteiger partial charge in [0.15, 0.2) is 0 Å². The van der Waals surface area contributed by atoms with Crippen molar-refractivity contribution in [1.29, 1.82) is 0 Å². The third-order valence-corrected chi connectivity index (χ3v) is 5.06. The Labute approximate surface area is 184 Å². The van der Waals surface area contributed by atoms with Gasteiger partial charge in [-0.15, -0.1) is 11.8 Å². The fourth-order valence-electron chi connectivity index (χ4n) is 2.54. The minimum Gasteiger partial charge on any atom is -0.470 e. The number of thioether (sulfide) groups is 1. The number of benzene rings is 1. The number of aromatic nitrogens is 1. The molecule has 1 aromatic heterocycles. The number of halogens is 1. The van der Waals surface area contributed by atoms with Crippen LogP contribution in [0.15, 0.2) is 34.0 Å². The molecule has 0 bridgehead atoms. The minimum absolute atomic E-state index is 0.233. The summed E-state index contributed by atoms with van der Waals surface area (Å²) in [5.74, 6) is 0.777. The molecule has 1 atom stereocenters. The normalized spacial score (nSPS) is 13.1. The number of aryl methyl sites for hydroxylation is 1. The molecule has 8 heteroatoms. The quantitative estimate of drug-likeness (QED) is 0.312. The summed E-state index contributed by atoms with van der Waals surface area (Å²) in [4.78, 5) is 22.4. The summed E-state index contributed by atoms with van der Waals surface area (Å²) < 4.78 is 6.88. The fraction of sp³-hybridized carbons (Fsp3) is 0.476. The SMILES string of the molecule is CSC(Oc1cc(C)c2ncc(Br)cc2c1)C(=O)NC(C)(C)C=NOCC(C)C. The van der Waals surface area contributed by atoms with Crippen LogP contribution >= 0.6 is 27.7 Å². The third-order valence-electron chi connectivity index (χ3n) is 3.89. The molecule has 0 radical (unpaired) electrons. The Morgan fingerprint density at radius 3 is 2.76 bits per heavy atom. The highest BCUT2D eigenvalue weighted by atomic mass is 79.9. The highest BCUT2D eigenvalue weighted by Gasteiger charge is 2.26. The molecule has 0 aliphatic heterocycles. The Bertz CT molecular complexity index is 887. The number of nitrogens with one attached hydrogen (secondary N) is 1. The lowest BCUT2D eigenvalue weighted by Gasteiger charge is -2.25. The first-order valence-corrected chi connectivity index (χ1v) is 11.4. The maximum absolute atomic E-state index is 12.8. The first-order valence-electron chi connectivity index (χ1n) is 9.35. The molecule has 1 heterocycles. The van der Waals surface area contributed by atoms with Crippen molar-refractivity contribution in [2.45, 2.75) is 45.6 Å². The van der Waals surface area contributed by atoms with Crippen LogP contribution in [0.25, 0.3) is 10.9 Å². The molecular weight excluding hydrogens is 454 g/mol. The van der Waals surface area contributed by atoms with E-state index in [9.17, 15) is 4.79 Å². The van der Waals surface area contributed by atoms with Crippen LogP contribution in [0.5, 0.6) is 5.75 Å². The van der Waals surface area contributed by atoms with Crippen molar-refractivity contribution in [3.63, 3.8) is 0 Å². The second-order valence-corrected chi connectivity index (χ2v) is 9.60. The zero-order chi connectivity index (χ0) is 21.6. The summed E-state index contributed by atoms with van der Waals surface area (Å²) in [5.41, 5.74) is 0.528. The van der Waals surface area contributed by atoms with E-state index in [1.807, 2.05) is 59.1 Å². The summed E-state index contributed by atoms with van der Waals surface area (Å²) >= 11 is 4.77. The number of hydrogen-bond acceptors (Lipinski definition) is 6. The highest BCUT2D eigenvalue weighted by molar-refractivity contribution is 9.10. The molecule has 158 valence electrons. The van der Waals surface area contributed by atoms with Gasteiger partial charge in [-0.25, -0.2) is 0 Å². The van der Waals surface area contributed by atoms with E-state index in [1.54, 1.807) is 12.4 Å². The van der Waals surface area contributed by atoms with Gasteiger partial charge in [0.1, 0.15) is 12.4 Å². The standard InChI is InChI=1S/C21H28BrN3O3S/c1-13(2)11-27-24-12-21(4,5)25-19(26)20(29-6)28-17-7-14(3)18-15(9-17)8-16(22)10-23-18/h7-10,12-13,20H,11H2,1-6H3,(H,25,26). The van der Waals surface area contributed by atoms with Crippen molar-refractivity contribution >= 4 is 50.7 Å². The number of fused-ring (bicyclic) bond motifs is 1. The first kappa shape index (κ1) is 23.5. The lowest BCUT2D eigenvalue weighted by molar-refractivity contribution is -0.125. The van der Waals surface area contributed by atoms with E-state index in [0.717, 1.165) is 20.9 Å². The zero-order valence-corrected chi connectivity index (χ0v) is 20.1. The van der Waals surface area contributed by atoms with Crippen LogP contribution in [0.3, 0.4) is 0 Å². The van der Waals surface area contributed by atoms with Gasteiger partial charge in [-0.1, -0.05) is 19.0 Å². The average Bonchev–Trinajstić information content (AvgIpc) is 2.62. The number of pyridine rings is 1. The van der Waals surface area contributed by atoms with Crippen LogP contribution < -0.4 is 10.1 Å². The van der Waals surface area contributed by atoms with Crippen molar-refractivity contribution in [1.82, 2.24) is 10.3 Å². The van der Waals surface area contributed by atoms with E-state index in [1.165, 1.54) is 11.8 Å². The molecule has 1 aromatic carbocycles. The van der Waals surface area contributed by atoms with Crippen molar-refractivity contribution < 1.29 is 14.4 Å². The first-order chi connectivity index (χ1) is 13.6. The smallest absolute Gasteiger partial charge is 0.272 e. The monoisotopic (exact) mass is 481 g/mol. The predicted octanol–water partition coefficient (Wildman–Crippen LogP) is 4.93. The topological polar surface area (TPSA) is 72.8 Å². The van der Waals surface area contributed by atoms with E-state index in [0.29, 0.717) is 18.3 Å². The van der Waals surface area contributed by atoms with E-state index in [4.69, 9.17) is 9.57 Å². The van der Waals surface area contributed by atoms with E-state index < -0.39 is 11.0 Å². The van der Waals surface area contributed by atoms with Gasteiger partial charge in [0.2, 0.25) is 5.44 Å². The van der Waals surface area contributed by atoms with Gasteiger partial charge in [-0.2, -0.15) is 0 Å². The Kier molecular flexibility index (Phi) is 8.34. The molecular formula is C21H28BrN3O3S. The lowest BCUT2D eigenvalue weighted by atomic mass is 10.1. The molecule has 0 saturated heterocycles. The number of oxime groups is 1. The second kappa shape index (κ2) is 10.3. The molecule has 6 nitrogen and oxygen atoms in total. The number of carbonyl (C=O) groups is 1. The Morgan fingerprint density at radius 2 is 2.10 bits per heavy atom. The summed E-state index contributed by atoms with van der Waals surface area (Å²) in [6.45, 7) is 10.3. The third kappa shape index (κ3) is 7.19. The van der Waals surface area contributed by atoms with Gasteiger partial charge in [-0.05, 0) is 72.6 Å². The summed E-state index contributed by atoms with van der Waals surface area (Å²) in [7, 11) is 0. The van der Waals surface area contributed by atoms with Crippen LogP contribution in [0.1, 0.15) is 33.3 Å². The summed E-state index contributed by atoms with van der Waals surface area (Å²) in [6, 6.07) is 5.77. The average molecular weight is 482 g/mol. The molecule has 1 N–H and O–H groups in total. The van der Waals surface area contributed by atoms with Crippen molar-refractivity contribution in [3.05, 3.63) is 34.4 Å². The number of amides is 1. The molecule has 2 aromatic rings. The lowest BCUT2D eigenvalue weighted by Crippen LogP contribution is -2.49. The largest absolute Gasteiger partial charge is 0.470 e. The van der Waals surface area contributed by atoms with Gasteiger partial charge in [0, 0.05) is 16.1 Å². The van der Waals surface area contributed by atoms with Crippen molar-refractivity contribution in [2.24, 2.45) is 11.1 Å². The molecule has 1 amide bonds. The minimum atomic E-state index is -0.698. The number of ether oxygens (including phenoxy) is 1. The Morgan fingerprint density at radius 1 is 1.38 bits per heavy atom. The van der Waals surface area contributed by atoms with Gasteiger partial charge in [-0.3, -0.25) is 9.78 Å². The molecule has 0 aliphatic carbocycles. The molecule has 0 fully saturated rings. The Hall–Kier alpha value is -1.80. The van der Waals surface area contributed by atoms with Gasteiger partial charge < -0.3 is 14.9 Å². The van der Waals surface area contributed by atoms with E-state index in [2.05, 4.69) is 31.4 Å². The molecule has 0 spiro atoms. The number of carbonyl (C=O) groups excluding carboxylic acids is 1. The molecule has 29 heavy (non-hydrogen) atoms. The van der Waals surface area contributed by atoms with Crippen LogP contribution in [0, 0.1) is 12.8 Å². The van der Waals surface area contributed by atoms with E-state index >= 15 is 0 Å². The second-order valence-electron chi connectivity index (χ2n) is 7.79. The van der Waals surface area contributed by atoms with Gasteiger partial charge in [0.25, 0.3) is 5.91 Å². The van der Waals surface area contributed by atoms with Crippen LogP contribution in [-0.2, 0) is 9.63 Å².